The highest BCUT2D eigenvalue weighted by Crippen LogP contribution is 2.29. The summed E-state index contributed by atoms with van der Waals surface area (Å²) in [6.45, 7) is 4.79. The smallest absolute Gasteiger partial charge is 0.261 e. The fraction of sp³-hybridized carbons (Fsp3) is 0.517. The Kier molecular flexibility index (Phi) is 9.32. The summed E-state index contributed by atoms with van der Waals surface area (Å²) in [4.78, 5) is 53.5. The molecule has 6 N–H and O–H groups in total. The summed E-state index contributed by atoms with van der Waals surface area (Å²) >= 11 is 0. The number of carbonyl (C=O) groups is 4. The summed E-state index contributed by atoms with van der Waals surface area (Å²) in [6, 6.07) is 10.7. The lowest BCUT2D eigenvalue weighted by molar-refractivity contribution is -0.143. The number of aliphatic hydroxyl groups excluding tert-OH is 1. The van der Waals surface area contributed by atoms with E-state index in [4.69, 9.17) is 5.73 Å². The summed E-state index contributed by atoms with van der Waals surface area (Å²) < 4.78 is 0. The molecule has 0 bridgehead atoms. The molecule has 2 fully saturated rings. The maximum atomic E-state index is 13.5. The van der Waals surface area contributed by atoms with Crippen LogP contribution in [-0.4, -0.2) is 64.8 Å². The Hall–Kier alpha value is -3.34. The average molecular weight is 538 g/mol. The van der Waals surface area contributed by atoms with E-state index in [0.29, 0.717) is 44.3 Å². The van der Waals surface area contributed by atoms with Crippen LogP contribution in [0.3, 0.4) is 0 Å². The lowest BCUT2D eigenvalue weighted by Gasteiger charge is -2.31. The van der Waals surface area contributed by atoms with Gasteiger partial charge in [0.1, 0.15) is 6.04 Å². The largest absolute Gasteiger partial charge is 0.390 e. The molecule has 2 aliphatic rings. The number of Topliss-reactive ketones (excluding diaryl/α,β-unsaturated/α-hetero) is 1. The number of nitrogens with zero attached hydrogens (tertiary/aromatic N) is 1. The Morgan fingerprint density at radius 3 is 2.49 bits per heavy atom. The van der Waals surface area contributed by atoms with Gasteiger partial charge in [-0.05, 0) is 48.1 Å². The highest BCUT2D eigenvalue weighted by atomic mass is 16.3. The Labute approximate surface area is 228 Å². The molecule has 3 amide bonds. The zero-order chi connectivity index (χ0) is 28.1. The predicted octanol–water partition coefficient (Wildman–Crippen LogP) is 1.32. The molecule has 2 aliphatic heterocycles. The van der Waals surface area contributed by atoms with Gasteiger partial charge in [-0.25, -0.2) is 0 Å². The molecule has 2 aromatic carbocycles. The number of hydrogen-bond acceptors (Lipinski definition) is 7. The van der Waals surface area contributed by atoms with Crippen molar-refractivity contribution in [1.82, 2.24) is 21.1 Å². The second kappa shape index (κ2) is 12.7. The summed E-state index contributed by atoms with van der Waals surface area (Å²) in [5, 5.41) is 16.1. The van der Waals surface area contributed by atoms with Crippen LogP contribution in [0.5, 0.6) is 0 Å². The fourth-order valence-corrected chi connectivity index (χ4v) is 5.76. The van der Waals surface area contributed by atoms with Gasteiger partial charge in [0.25, 0.3) is 5.91 Å². The lowest BCUT2D eigenvalue weighted by atomic mass is 9.84. The zero-order valence-electron chi connectivity index (χ0n) is 22.6. The summed E-state index contributed by atoms with van der Waals surface area (Å²) in [5.74, 6) is -2.85. The third-order valence-electron chi connectivity index (χ3n) is 8.12. The molecule has 2 aromatic rings. The van der Waals surface area contributed by atoms with Crippen molar-refractivity contribution in [2.24, 2.45) is 17.6 Å². The van der Waals surface area contributed by atoms with Crippen molar-refractivity contribution in [3.05, 3.63) is 48.0 Å². The molecule has 2 unspecified atom stereocenters. The molecule has 4 rings (SSSR count). The number of ketones is 1. The van der Waals surface area contributed by atoms with E-state index in [-0.39, 0.29) is 24.0 Å². The van der Waals surface area contributed by atoms with Crippen LogP contribution >= 0.6 is 0 Å². The minimum Gasteiger partial charge on any atom is -0.390 e. The number of benzene rings is 2. The molecular formula is C29H39N5O5. The van der Waals surface area contributed by atoms with Crippen LogP contribution in [0.2, 0.25) is 0 Å². The molecule has 0 aliphatic carbocycles. The second-order valence-electron chi connectivity index (χ2n) is 10.5. The molecule has 10 heteroatoms. The van der Waals surface area contributed by atoms with E-state index in [1.807, 2.05) is 50.2 Å². The maximum absolute atomic E-state index is 13.5. The minimum absolute atomic E-state index is 0.0542. The van der Waals surface area contributed by atoms with Gasteiger partial charge in [0.2, 0.25) is 11.8 Å². The van der Waals surface area contributed by atoms with E-state index in [0.717, 1.165) is 10.8 Å². The van der Waals surface area contributed by atoms with Gasteiger partial charge in [0, 0.05) is 31.5 Å². The average Bonchev–Trinajstić information content (AvgIpc) is 3.61. The first kappa shape index (κ1) is 28.7. The Morgan fingerprint density at radius 2 is 1.82 bits per heavy atom. The summed E-state index contributed by atoms with van der Waals surface area (Å²) in [5.41, 5.74) is 12.1. The molecule has 0 spiro atoms. The monoisotopic (exact) mass is 537 g/mol. The van der Waals surface area contributed by atoms with E-state index in [2.05, 4.69) is 16.2 Å². The number of fused-ring (bicyclic) bond motifs is 1. The number of nitrogens with two attached hydrogens (primary N) is 1. The van der Waals surface area contributed by atoms with Crippen LogP contribution in [-0.2, 0) is 19.2 Å². The molecular weight excluding hydrogens is 498 g/mol. The molecule has 2 saturated heterocycles. The van der Waals surface area contributed by atoms with E-state index in [9.17, 15) is 24.3 Å². The molecule has 10 nitrogen and oxygen atoms in total. The topological polar surface area (TPSA) is 154 Å². The van der Waals surface area contributed by atoms with Gasteiger partial charge in [0.05, 0.1) is 18.1 Å². The van der Waals surface area contributed by atoms with Crippen molar-refractivity contribution in [2.75, 3.05) is 13.1 Å². The number of likely N-dealkylation sites (tertiary alicyclic amines) is 1. The van der Waals surface area contributed by atoms with Crippen LogP contribution in [0.25, 0.3) is 10.8 Å². The Morgan fingerprint density at radius 1 is 1.10 bits per heavy atom. The van der Waals surface area contributed by atoms with Crippen LogP contribution in [0, 0.1) is 11.8 Å². The molecule has 0 aromatic heterocycles. The van der Waals surface area contributed by atoms with Gasteiger partial charge in [-0.1, -0.05) is 50.2 Å². The minimum atomic E-state index is -1.42. The van der Waals surface area contributed by atoms with Gasteiger partial charge in [-0.3, -0.25) is 30.0 Å². The number of rotatable bonds is 9. The van der Waals surface area contributed by atoms with E-state index < -0.39 is 42.0 Å². The Balaban J connectivity index is 1.51. The molecule has 5 atom stereocenters. The van der Waals surface area contributed by atoms with E-state index in [1.165, 1.54) is 0 Å². The molecule has 2 heterocycles. The van der Waals surface area contributed by atoms with Gasteiger partial charge in [-0.2, -0.15) is 0 Å². The first-order valence-electron chi connectivity index (χ1n) is 13.8. The first-order chi connectivity index (χ1) is 18.8. The summed E-state index contributed by atoms with van der Waals surface area (Å²) in [6.07, 6.45) is 1.41. The number of hydrazine groups is 1. The molecule has 210 valence electrons. The van der Waals surface area contributed by atoms with Crippen LogP contribution in [0.1, 0.15) is 57.6 Å². The fourth-order valence-electron chi connectivity index (χ4n) is 5.76. The second-order valence-corrected chi connectivity index (χ2v) is 10.5. The van der Waals surface area contributed by atoms with E-state index >= 15 is 0 Å². The molecule has 39 heavy (non-hydrogen) atoms. The van der Waals surface area contributed by atoms with Gasteiger partial charge < -0.3 is 21.1 Å². The quantitative estimate of drug-likeness (QED) is 0.302. The predicted molar refractivity (Wildman–Crippen MR) is 147 cm³/mol. The number of nitrogens with one attached hydrogen (secondary N) is 3. The van der Waals surface area contributed by atoms with Crippen molar-refractivity contribution in [3.8, 4) is 0 Å². The third-order valence-corrected chi connectivity index (χ3v) is 8.12. The summed E-state index contributed by atoms with van der Waals surface area (Å²) in [7, 11) is 0. The number of amides is 3. The van der Waals surface area contributed by atoms with Gasteiger partial charge >= 0.3 is 0 Å². The van der Waals surface area contributed by atoms with Crippen LogP contribution in [0.15, 0.2) is 42.5 Å². The highest BCUT2D eigenvalue weighted by Gasteiger charge is 2.43. The number of aliphatic hydroxyl groups is 1. The maximum Gasteiger partial charge on any atom is 0.261 e. The first-order valence-corrected chi connectivity index (χ1v) is 13.8. The standard InChI is InChI=1S/C29H39N5O5/c1-3-17(4-2)29(39)34-15-7-10-21(34)27(37)32-33-28(38)23(26(36)25-22(35)13-14-31-25)24(30)20-12-11-18-8-5-6-9-19(18)16-20/h5-6,8-9,11-12,16-17,21,23-26,31,36H,3-4,7,10,13-15,30H2,1-2H3,(H,32,37)(H,33,38)/t21-,23+,24?,25-,26?/m0/s1. The van der Waals surface area contributed by atoms with Gasteiger partial charge in [-0.15, -0.1) is 0 Å². The molecule has 0 radical (unpaired) electrons. The number of hydrogen-bond donors (Lipinski definition) is 5. The molecule has 0 saturated carbocycles. The lowest BCUT2D eigenvalue weighted by Crippen LogP contribution is -2.57. The van der Waals surface area contributed by atoms with Crippen molar-refractivity contribution in [2.45, 2.75) is 70.2 Å². The van der Waals surface area contributed by atoms with Crippen LogP contribution < -0.4 is 21.9 Å². The van der Waals surface area contributed by atoms with Gasteiger partial charge in [0.15, 0.2) is 5.78 Å². The Bertz CT molecular complexity index is 1220. The highest BCUT2D eigenvalue weighted by molar-refractivity contribution is 5.92. The van der Waals surface area contributed by atoms with Crippen LogP contribution in [0.4, 0.5) is 0 Å². The van der Waals surface area contributed by atoms with Crippen molar-refractivity contribution in [3.63, 3.8) is 0 Å². The zero-order valence-corrected chi connectivity index (χ0v) is 22.6. The van der Waals surface area contributed by atoms with Crippen molar-refractivity contribution >= 4 is 34.3 Å². The van der Waals surface area contributed by atoms with E-state index in [1.54, 1.807) is 11.0 Å². The number of carbonyl (C=O) groups excluding carboxylic acids is 4. The SMILES string of the molecule is CCC(CC)C(=O)N1CCC[C@H]1C(=O)NNC(=O)[C@H](C(N)c1ccc2ccccc2c1)C(O)[C@H]1NCCC1=O. The van der Waals surface area contributed by atoms with Crippen molar-refractivity contribution in [1.29, 1.82) is 0 Å². The van der Waals surface area contributed by atoms with Crippen molar-refractivity contribution < 1.29 is 24.3 Å². The normalized spacial score (nSPS) is 21.7. The third kappa shape index (κ3) is 6.13.